The van der Waals surface area contributed by atoms with Crippen molar-refractivity contribution >= 4 is 17.8 Å². The minimum Gasteiger partial charge on any atom is -0.475 e. The van der Waals surface area contributed by atoms with E-state index in [-0.39, 0.29) is 5.91 Å². The summed E-state index contributed by atoms with van der Waals surface area (Å²) in [6, 6.07) is 3.90. The van der Waals surface area contributed by atoms with Crippen LogP contribution in [0.5, 0.6) is 0 Å². The van der Waals surface area contributed by atoms with Crippen molar-refractivity contribution in [3.05, 3.63) is 30.1 Å². The van der Waals surface area contributed by atoms with Crippen LogP contribution in [0, 0.1) is 11.3 Å². The van der Waals surface area contributed by atoms with E-state index in [1.807, 2.05) is 12.1 Å². The van der Waals surface area contributed by atoms with Crippen LogP contribution in [-0.2, 0) is 20.8 Å². The van der Waals surface area contributed by atoms with Gasteiger partial charge in [0.05, 0.1) is 6.42 Å². The summed E-state index contributed by atoms with van der Waals surface area (Å²) in [6.45, 7) is 5.79. The molecule has 3 aliphatic rings. The molecule has 14 heteroatoms. The maximum atomic E-state index is 12.5. The topological polar surface area (TPSA) is 111 Å². The highest BCUT2D eigenvalue weighted by atomic mass is 19.4. The number of piperidine rings is 2. The van der Waals surface area contributed by atoms with Crippen LogP contribution in [0.2, 0.25) is 0 Å². The summed E-state index contributed by atoms with van der Waals surface area (Å²) in [6.07, 6.45) is 1.87. The zero-order valence-corrected chi connectivity index (χ0v) is 20.6. The Morgan fingerprint density at radius 2 is 1.37 bits per heavy atom. The van der Waals surface area contributed by atoms with E-state index in [1.54, 1.807) is 12.4 Å². The van der Waals surface area contributed by atoms with Gasteiger partial charge < -0.3 is 20.0 Å². The Morgan fingerprint density at radius 3 is 1.76 bits per heavy atom. The Hall–Kier alpha value is -2.90. The average molecular weight is 556 g/mol. The Kier molecular flexibility index (Phi) is 10.9. The number of alkyl halides is 6. The van der Waals surface area contributed by atoms with Crippen LogP contribution in [0.1, 0.15) is 44.1 Å². The van der Waals surface area contributed by atoms with Crippen LogP contribution in [0.25, 0.3) is 0 Å². The zero-order valence-electron chi connectivity index (χ0n) is 20.6. The Balaban J connectivity index is 0.000000301. The summed E-state index contributed by atoms with van der Waals surface area (Å²) in [5.74, 6) is -4.24. The molecule has 1 saturated carbocycles. The first kappa shape index (κ1) is 31.3. The van der Waals surface area contributed by atoms with Gasteiger partial charge in [0.15, 0.2) is 0 Å². The van der Waals surface area contributed by atoms with Crippen LogP contribution >= 0.6 is 0 Å². The predicted molar refractivity (Wildman–Crippen MR) is 122 cm³/mol. The molecule has 1 spiro atoms. The number of aliphatic carboxylic acids is 2. The van der Waals surface area contributed by atoms with E-state index in [9.17, 15) is 31.1 Å². The average Bonchev–Trinajstić information content (AvgIpc) is 3.65. The van der Waals surface area contributed by atoms with Crippen molar-refractivity contribution in [2.24, 2.45) is 11.3 Å². The number of halogens is 6. The molecule has 1 aliphatic carbocycles. The van der Waals surface area contributed by atoms with Gasteiger partial charge in [0.25, 0.3) is 0 Å². The van der Waals surface area contributed by atoms with Crippen LogP contribution in [0.3, 0.4) is 0 Å². The smallest absolute Gasteiger partial charge is 0.475 e. The molecule has 3 fully saturated rings. The largest absolute Gasteiger partial charge is 0.490 e. The van der Waals surface area contributed by atoms with Gasteiger partial charge >= 0.3 is 24.3 Å². The molecule has 0 aromatic carbocycles. The molecule has 2 N–H and O–H groups in total. The highest BCUT2D eigenvalue weighted by Gasteiger charge is 2.40. The first-order chi connectivity index (χ1) is 17.6. The normalized spacial score (nSPS) is 19.5. The number of aromatic nitrogens is 1. The van der Waals surface area contributed by atoms with Crippen LogP contribution in [0.4, 0.5) is 26.3 Å². The number of nitrogens with zero attached hydrogens (tertiary/aromatic N) is 3. The highest BCUT2D eigenvalue weighted by molar-refractivity contribution is 5.78. The molecule has 1 amide bonds. The van der Waals surface area contributed by atoms with E-state index < -0.39 is 24.3 Å². The molecule has 0 bridgehead atoms. The van der Waals surface area contributed by atoms with Crippen molar-refractivity contribution < 1.29 is 50.9 Å². The molecule has 8 nitrogen and oxygen atoms in total. The van der Waals surface area contributed by atoms with Gasteiger partial charge in [0.1, 0.15) is 0 Å². The van der Waals surface area contributed by atoms with Gasteiger partial charge in [-0.25, -0.2) is 9.59 Å². The van der Waals surface area contributed by atoms with E-state index in [2.05, 4.69) is 14.8 Å². The Bertz CT molecular complexity index is 896. The van der Waals surface area contributed by atoms with Gasteiger partial charge in [-0.05, 0) is 74.6 Å². The number of likely N-dealkylation sites (tertiary alicyclic amines) is 2. The van der Waals surface area contributed by atoms with E-state index >= 15 is 0 Å². The molecule has 1 aromatic heterocycles. The first-order valence-electron chi connectivity index (χ1n) is 12.1. The van der Waals surface area contributed by atoms with Gasteiger partial charge in [-0.3, -0.25) is 9.78 Å². The summed E-state index contributed by atoms with van der Waals surface area (Å²) < 4.78 is 63.5. The van der Waals surface area contributed by atoms with Gasteiger partial charge in [-0.1, -0.05) is 6.07 Å². The predicted octanol–water partition coefficient (Wildman–Crippen LogP) is 4.01. The van der Waals surface area contributed by atoms with E-state index in [0.717, 1.165) is 24.6 Å². The molecule has 2 saturated heterocycles. The van der Waals surface area contributed by atoms with E-state index in [0.29, 0.717) is 11.8 Å². The van der Waals surface area contributed by atoms with Crippen molar-refractivity contribution in [1.29, 1.82) is 0 Å². The van der Waals surface area contributed by atoms with Crippen molar-refractivity contribution in [2.45, 2.75) is 57.3 Å². The summed E-state index contributed by atoms with van der Waals surface area (Å²) in [5, 5.41) is 14.2. The highest BCUT2D eigenvalue weighted by Crippen LogP contribution is 2.42. The third-order valence-electron chi connectivity index (χ3n) is 6.87. The zero-order chi connectivity index (χ0) is 28.6. The molecule has 0 radical (unpaired) electrons. The second kappa shape index (κ2) is 13.3. The fraction of sp³-hybridized carbons (Fsp3) is 0.667. The maximum absolute atomic E-state index is 12.5. The number of carbonyl (C=O) groups is 3. The van der Waals surface area contributed by atoms with E-state index in [1.165, 1.54) is 58.2 Å². The molecule has 3 heterocycles. The molecule has 1 aromatic rings. The van der Waals surface area contributed by atoms with Crippen LogP contribution < -0.4 is 0 Å². The number of rotatable bonds is 4. The Labute approximate surface area is 215 Å². The molecule has 0 atom stereocenters. The molecule has 38 heavy (non-hydrogen) atoms. The van der Waals surface area contributed by atoms with Crippen molar-refractivity contribution in [2.75, 3.05) is 32.7 Å². The lowest BCUT2D eigenvalue weighted by Gasteiger charge is -2.47. The van der Waals surface area contributed by atoms with Crippen molar-refractivity contribution in [3.63, 3.8) is 0 Å². The lowest BCUT2D eigenvalue weighted by molar-refractivity contribution is -0.193. The first-order valence-corrected chi connectivity index (χ1v) is 12.1. The second-order valence-corrected chi connectivity index (χ2v) is 9.77. The summed E-state index contributed by atoms with van der Waals surface area (Å²) >= 11 is 0. The molecular weight excluding hydrogens is 524 g/mol. The van der Waals surface area contributed by atoms with Gasteiger partial charge in [0.2, 0.25) is 5.91 Å². The van der Waals surface area contributed by atoms with Crippen LogP contribution in [0.15, 0.2) is 24.5 Å². The number of carboxylic acid groups (broad SMARTS) is 2. The number of carboxylic acids is 2. The Morgan fingerprint density at radius 1 is 0.895 bits per heavy atom. The molecule has 2 aliphatic heterocycles. The second-order valence-electron chi connectivity index (χ2n) is 9.77. The quantitative estimate of drug-likeness (QED) is 0.541. The summed E-state index contributed by atoms with van der Waals surface area (Å²) in [4.78, 5) is 39.2. The van der Waals surface area contributed by atoms with E-state index in [4.69, 9.17) is 19.8 Å². The summed E-state index contributed by atoms with van der Waals surface area (Å²) in [7, 11) is 0. The number of hydrogen-bond donors (Lipinski definition) is 2. The van der Waals surface area contributed by atoms with Gasteiger partial charge in [0, 0.05) is 32.0 Å². The van der Waals surface area contributed by atoms with Crippen molar-refractivity contribution in [1.82, 2.24) is 14.8 Å². The molecular formula is C24H31F6N3O5. The number of hydrogen-bond acceptors (Lipinski definition) is 5. The minimum absolute atomic E-state index is 0.268. The molecule has 214 valence electrons. The fourth-order valence-corrected chi connectivity index (χ4v) is 4.40. The standard InChI is InChI=1S/C20H29N3O.2C2HF3O2/c24-19(14-18-2-1-9-21-15-18)23-12-7-20(8-13-23)5-10-22(11-6-20)16-17-3-4-17;2*3-2(4,5)1(6)7/h1-2,9,15,17H,3-8,10-14,16H2;2*(H,6,7). The van der Waals surface area contributed by atoms with Gasteiger partial charge in [-0.15, -0.1) is 0 Å². The third kappa shape index (κ3) is 10.8. The lowest BCUT2D eigenvalue weighted by Crippen LogP contribution is -2.48. The minimum atomic E-state index is -5.08. The number of amides is 1. The summed E-state index contributed by atoms with van der Waals surface area (Å²) in [5.41, 5.74) is 1.54. The van der Waals surface area contributed by atoms with Gasteiger partial charge in [-0.2, -0.15) is 26.3 Å². The monoisotopic (exact) mass is 555 g/mol. The van der Waals surface area contributed by atoms with Crippen LogP contribution in [-0.4, -0.2) is 87.9 Å². The SMILES string of the molecule is O=C(Cc1cccnc1)N1CCC2(CCN(CC3CC3)CC2)CC1.O=C(O)C(F)(F)F.O=C(O)C(F)(F)F. The molecule has 4 rings (SSSR count). The number of pyridine rings is 1. The maximum Gasteiger partial charge on any atom is 0.490 e. The van der Waals surface area contributed by atoms with Crippen molar-refractivity contribution in [3.8, 4) is 0 Å². The third-order valence-corrected chi connectivity index (χ3v) is 6.87. The fourth-order valence-electron chi connectivity index (χ4n) is 4.40. The molecule has 0 unspecified atom stereocenters. The lowest BCUT2D eigenvalue weighted by atomic mass is 9.71. The number of carbonyl (C=O) groups excluding carboxylic acids is 1.